The van der Waals surface area contributed by atoms with E-state index in [1.807, 2.05) is 0 Å². The molecule has 2 atom stereocenters. The van der Waals surface area contributed by atoms with Crippen LogP contribution < -0.4 is 9.64 Å². The molecule has 0 aromatic heterocycles. The zero-order valence-corrected chi connectivity index (χ0v) is 16.2. The Kier molecular flexibility index (Phi) is 4.84. The Morgan fingerprint density at radius 3 is 2.61 bits per heavy atom. The van der Waals surface area contributed by atoms with Gasteiger partial charge in [-0.15, -0.1) is 0 Å². The lowest BCUT2D eigenvalue weighted by atomic mass is 10.0. The van der Waals surface area contributed by atoms with Crippen LogP contribution in [0, 0.1) is 5.82 Å². The number of carbonyl (C=O) groups excluding carboxylic acids is 1. The van der Waals surface area contributed by atoms with Crippen LogP contribution in [0.1, 0.15) is 5.56 Å². The van der Waals surface area contributed by atoms with E-state index in [0.29, 0.717) is 17.0 Å². The van der Waals surface area contributed by atoms with Gasteiger partial charge in [-0.05, 0) is 18.2 Å². The zero-order valence-electron chi connectivity index (χ0n) is 15.4. The number of ether oxygens (including phenoxy) is 1. The molecule has 0 radical (unpaired) electrons. The summed E-state index contributed by atoms with van der Waals surface area (Å²) < 4.78 is 44.2. The molecule has 2 aliphatic heterocycles. The summed E-state index contributed by atoms with van der Waals surface area (Å²) in [6.45, 7) is 0.225. The number of sulfone groups is 1. The molecule has 2 aliphatic rings. The van der Waals surface area contributed by atoms with E-state index in [0.717, 1.165) is 0 Å². The maximum absolute atomic E-state index is 14.1. The number of anilines is 1. The third kappa shape index (κ3) is 3.49. The average molecular weight is 404 g/mol. The minimum atomic E-state index is -3.30. The van der Waals surface area contributed by atoms with Crippen LogP contribution in [0.5, 0.6) is 5.75 Å². The number of piperazine rings is 1. The smallest absolute Gasteiger partial charge is 0.241 e. The van der Waals surface area contributed by atoms with Gasteiger partial charge in [0.1, 0.15) is 11.6 Å². The van der Waals surface area contributed by atoms with Gasteiger partial charge in [0.05, 0.1) is 31.2 Å². The molecule has 2 aromatic carbocycles. The summed E-state index contributed by atoms with van der Waals surface area (Å²) in [7, 11) is -1.77. The lowest BCUT2D eigenvalue weighted by Gasteiger charge is -2.43. The Bertz CT molecular complexity index is 1010. The summed E-state index contributed by atoms with van der Waals surface area (Å²) >= 11 is 0. The molecular weight excluding hydrogens is 383 g/mol. The number of hydrogen-bond donors (Lipinski definition) is 0. The minimum absolute atomic E-state index is 0.0300. The first kappa shape index (κ1) is 18.9. The highest BCUT2D eigenvalue weighted by Crippen LogP contribution is 2.33. The number of amides is 1. The molecule has 0 unspecified atom stereocenters. The molecule has 0 bridgehead atoms. The van der Waals surface area contributed by atoms with Gasteiger partial charge in [0, 0.05) is 29.9 Å². The van der Waals surface area contributed by atoms with Gasteiger partial charge in [-0.1, -0.05) is 24.3 Å². The summed E-state index contributed by atoms with van der Waals surface area (Å²) in [6, 6.07) is 12.5. The highest BCUT2D eigenvalue weighted by atomic mass is 32.2. The lowest BCUT2D eigenvalue weighted by molar-refractivity contribution is -0.123. The van der Waals surface area contributed by atoms with Gasteiger partial charge in [0.25, 0.3) is 0 Å². The molecule has 2 aromatic rings. The van der Waals surface area contributed by atoms with Crippen LogP contribution in [0.15, 0.2) is 48.5 Å². The van der Waals surface area contributed by atoms with Crippen molar-refractivity contribution in [1.82, 2.24) is 4.90 Å². The molecule has 6 nitrogen and oxygen atoms in total. The van der Waals surface area contributed by atoms with E-state index >= 15 is 0 Å². The first-order chi connectivity index (χ1) is 13.4. The molecule has 8 heteroatoms. The number of halogens is 1. The van der Waals surface area contributed by atoms with E-state index in [9.17, 15) is 17.6 Å². The van der Waals surface area contributed by atoms with Crippen molar-refractivity contribution in [3.05, 3.63) is 59.9 Å². The van der Waals surface area contributed by atoms with Crippen LogP contribution in [0.3, 0.4) is 0 Å². The van der Waals surface area contributed by atoms with E-state index in [1.165, 1.54) is 13.2 Å². The Labute approximate surface area is 163 Å². The van der Waals surface area contributed by atoms with Crippen molar-refractivity contribution in [3.8, 4) is 5.75 Å². The molecule has 148 valence electrons. The van der Waals surface area contributed by atoms with Crippen LogP contribution in [0.4, 0.5) is 10.1 Å². The Hall–Kier alpha value is -2.45. The second-order valence-corrected chi connectivity index (χ2v) is 9.33. The normalized spacial score (nSPS) is 24.2. The fraction of sp³-hybridized carbons (Fsp3) is 0.350. The predicted octanol–water partition coefficient (Wildman–Crippen LogP) is 1.85. The van der Waals surface area contributed by atoms with Crippen molar-refractivity contribution in [2.75, 3.05) is 30.1 Å². The third-order valence-corrected chi connectivity index (χ3v) is 7.06. The van der Waals surface area contributed by atoms with Crippen LogP contribution >= 0.6 is 0 Å². The largest absolute Gasteiger partial charge is 0.497 e. The first-order valence-electron chi connectivity index (χ1n) is 9.02. The molecule has 0 saturated carbocycles. The Morgan fingerprint density at radius 1 is 1.11 bits per heavy atom. The third-order valence-electron chi connectivity index (χ3n) is 5.36. The maximum atomic E-state index is 14.1. The first-order valence-corrected chi connectivity index (χ1v) is 10.8. The number of methoxy groups -OCH3 is 1. The average Bonchev–Trinajstić information content (AvgIpc) is 2.98. The van der Waals surface area contributed by atoms with Crippen molar-refractivity contribution >= 4 is 21.4 Å². The van der Waals surface area contributed by atoms with Gasteiger partial charge in [-0.25, -0.2) is 12.8 Å². The van der Waals surface area contributed by atoms with Crippen molar-refractivity contribution in [2.24, 2.45) is 0 Å². The molecular formula is C20H21FN2O4S. The number of hydrogen-bond acceptors (Lipinski definition) is 5. The van der Waals surface area contributed by atoms with Crippen molar-refractivity contribution in [2.45, 2.75) is 18.6 Å². The second-order valence-electron chi connectivity index (χ2n) is 7.17. The number of fused-ring (bicyclic) bond motifs is 1. The van der Waals surface area contributed by atoms with Gasteiger partial charge >= 0.3 is 0 Å². The second kappa shape index (κ2) is 7.18. The number of benzene rings is 2. The molecule has 4 rings (SSSR count). The maximum Gasteiger partial charge on any atom is 0.241 e. The SMILES string of the molecule is COc1cccc(N2C(=O)CN(Cc3ccccc3F)[C@H]3CS(=O)(=O)C[C@H]32)c1. The Morgan fingerprint density at radius 2 is 1.86 bits per heavy atom. The van der Waals surface area contributed by atoms with Gasteiger partial charge in [-0.2, -0.15) is 0 Å². The highest BCUT2D eigenvalue weighted by molar-refractivity contribution is 7.91. The molecule has 1 amide bonds. The van der Waals surface area contributed by atoms with Crippen molar-refractivity contribution < 1.29 is 22.3 Å². The summed E-state index contributed by atoms with van der Waals surface area (Å²) in [5.41, 5.74) is 1.06. The number of rotatable bonds is 4. The molecule has 2 fully saturated rings. The minimum Gasteiger partial charge on any atom is -0.497 e. The topological polar surface area (TPSA) is 66.9 Å². The molecule has 28 heavy (non-hydrogen) atoms. The van der Waals surface area contributed by atoms with Crippen LogP contribution in [0.2, 0.25) is 0 Å². The fourth-order valence-corrected chi connectivity index (χ4v) is 6.05. The monoisotopic (exact) mass is 404 g/mol. The summed E-state index contributed by atoms with van der Waals surface area (Å²) in [4.78, 5) is 16.3. The zero-order chi connectivity index (χ0) is 19.9. The van der Waals surface area contributed by atoms with Crippen LogP contribution in [0.25, 0.3) is 0 Å². The number of nitrogens with zero attached hydrogens (tertiary/aromatic N) is 2. The van der Waals surface area contributed by atoms with Crippen LogP contribution in [-0.2, 0) is 21.2 Å². The molecule has 2 heterocycles. The summed E-state index contributed by atoms with van der Waals surface area (Å²) in [5.74, 6) is -0.115. The van der Waals surface area contributed by atoms with Crippen molar-refractivity contribution in [3.63, 3.8) is 0 Å². The highest BCUT2D eigenvalue weighted by Gasteiger charge is 2.49. The van der Waals surface area contributed by atoms with Crippen molar-refractivity contribution in [1.29, 1.82) is 0 Å². The van der Waals surface area contributed by atoms with E-state index in [2.05, 4.69) is 0 Å². The molecule has 0 N–H and O–H groups in total. The fourth-order valence-electron chi connectivity index (χ4n) is 4.07. The molecule has 0 aliphatic carbocycles. The van der Waals surface area contributed by atoms with Gasteiger partial charge in [0.15, 0.2) is 9.84 Å². The summed E-state index contributed by atoms with van der Waals surface area (Å²) in [6.07, 6.45) is 0. The summed E-state index contributed by atoms with van der Waals surface area (Å²) in [5, 5.41) is 0. The number of carbonyl (C=O) groups is 1. The van der Waals surface area contributed by atoms with Gasteiger partial charge < -0.3 is 9.64 Å². The quantitative estimate of drug-likeness (QED) is 0.778. The molecule has 0 spiro atoms. The van der Waals surface area contributed by atoms with E-state index in [1.54, 1.807) is 52.3 Å². The molecule has 2 saturated heterocycles. The Balaban J connectivity index is 1.68. The van der Waals surface area contributed by atoms with E-state index < -0.39 is 15.9 Å². The lowest BCUT2D eigenvalue weighted by Crippen LogP contribution is -2.61. The van der Waals surface area contributed by atoms with Gasteiger partial charge in [0.2, 0.25) is 5.91 Å². The standard InChI is InChI=1S/C20H21FN2O4S/c1-27-16-7-4-6-15(9-16)23-19-13-28(25,26)12-18(19)22(11-20(23)24)10-14-5-2-3-8-17(14)21/h2-9,18-19H,10-13H2,1H3/t18-,19+/m0/s1. The van der Waals surface area contributed by atoms with Crippen LogP contribution in [-0.4, -0.2) is 56.5 Å². The predicted molar refractivity (Wildman–Crippen MR) is 104 cm³/mol. The van der Waals surface area contributed by atoms with Gasteiger partial charge in [-0.3, -0.25) is 9.69 Å². The van der Waals surface area contributed by atoms with E-state index in [4.69, 9.17) is 4.74 Å². The van der Waals surface area contributed by atoms with E-state index in [-0.39, 0.29) is 42.4 Å².